The number of nitrogens with zero attached hydrogens (tertiary/aromatic N) is 3. The molecule has 0 spiro atoms. The van der Waals surface area contributed by atoms with Gasteiger partial charge in [-0.1, -0.05) is 23.7 Å². The molecule has 1 saturated heterocycles. The third-order valence-corrected chi connectivity index (χ3v) is 11.3. The lowest BCUT2D eigenvalue weighted by atomic mass is 10.1. The molecular weight excluding hydrogens is 772 g/mol. The van der Waals surface area contributed by atoms with E-state index in [2.05, 4.69) is 20.9 Å². The van der Waals surface area contributed by atoms with E-state index in [1.54, 1.807) is 53.4 Å². The van der Waals surface area contributed by atoms with Crippen LogP contribution in [-0.2, 0) is 14.8 Å². The van der Waals surface area contributed by atoms with Gasteiger partial charge in [0, 0.05) is 47.0 Å². The molecule has 0 saturated carbocycles. The number of ether oxygens (including phenoxy) is 3. The van der Waals surface area contributed by atoms with Crippen LogP contribution in [0.5, 0.6) is 17.2 Å². The van der Waals surface area contributed by atoms with Crippen molar-refractivity contribution in [2.45, 2.75) is 31.1 Å². The van der Waals surface area contributed by atoms with E-state index in [4.69, 9.17) is 25.8 Å². The summed E-state index contributed by atoms with van der Waals surface area (Å²) in [5, 5.41) is 9.86. The summed E-state index contributed by atoms with van der Waals surface area (Å²) in [6.07, 6.45) is 2.79. The highest BCUT2D eigenvalue weighted by molar-refractivity contribution is 7.89. The number of carbonyl (C=O) groups excluding carboxylic acids is 3. The Hall–Kier alpha value is -6.06. The van der Waals surface area contributed by atoms with E-state index in [0.717, 1.165) is 30.3 Å². The minimum Gasteiger partial charge on any atom is -0.497 e. The number of halogens is 1. The summed E-state index contributed by atoms with van der Waals surface area (Å²) < 4.78 is 45.6. The Kier molecular flexibility index (Phi) is 13.0. The number of piperidine rings is 1. The number of aromatic nitrogens is 1. The number of rotatable bonds is 14. The number of benzene rings is 4. The van der Waals surface area contributed by atoms with E-state index in [1.807, 2.05) is 6.92 Å². The number of carbonyl (C=O) groups is 3. The van der Waals surface area contributed by atoms with Crippen LogP contribution in [0.3, 0.4) is 0 Å². The normalized spacial score (nSPS) is 12.7. The zero-order chi connectivity index (χ0) is 40.5. The summed E-state index contributed by atoms with van der Waals surface area (Å²) in [7, 11) is -1.52. The fraction of sp³-hybridized carbons (Fsp3) is 0.268. The molecule has 4 amide bonds. The molecule has 5 aromatic rings. The van der Waals surface area contributed by atoms with Crippen molar-refractivity contribution < 1.29 is 37.0 Å². The van der Waals surface area contributed by atoms with Gasteiger partial charge in [-0.15, -0.1) is 0 Å². The number of pyridine rings is 1. The Morgan fingerprint density at radius 2 is 1.56 bits per heavy atom. The van der Waals surface area contributed by atoms with Gasteiger partial charge in [0.15, 0.2) is 6.61 Å². The maximum atomic E-state index is 14.2. The molecule has 1 aromatic heterocycles. The number of methoxy groups -OCH3 is 2. The molecule has 0 unspecified atom stereocenters. The number of anilines is 3. The van der Waals surface area contributed by atoms with Crippen LogP contribution in [0.1, 0.15) is 35.3 Å². The Balaban J connectivity index is 1.29. The van der Waals surface area contributed by atoms with Crippen molar-refractivity contribution in [3.8, 4) is 17.2 Å². The fourth-order valence-corrected chi connectivity index (χ4v) is 7.89. The fourth-order valence-electron chi connectivity index (χ4n) is 6.39. The number of urea groups is 1. The van der Waals surface area contributed by atoms with Gasteiger partial charge < -0.3 is 35.1 Å². The van der Waals surface area contributed by atoms with Crippen LogP contribution in [0, 0.1) is 6.92 Å². The van der Waals surface area contributed by atoms with Gasteiger partial charge in [-0.3, -0.25) is 14.6 Å². The average Bonchev–Trinajstić information content (AvgIpc) is 3.22. The van der Waals surface area contributed by atoms with Crippen molar-refractivity contribution in [3.05, 3.63) is 107 Å². The van der Waals surface area contributed by atoms with Crippen molar-refractivity contribution in [3.63, 3.8) is 0 Å². The third-order valence-electron chi connectivity index (χ3n) is 9.26. The van der Waals surface area contributed by atoms with Crippen molar-refractivity contribution in [1.29, 1.82) is 0 Å². The van der Waals surface area contributed by atoms with Crippen LogP contribution < -0.4 is 30.2 Å². The standard InChI is InChI=1S/C41H43ClN6O8S/c1-27-23-36(32-25-29(42)12-18-33(32)44-27)43-19-22-48(57(52,53)31-15-13-30(54-2)14-16-31)41(51)46-35-17-11-28(40(50)47-20-7-4-8-21-47)24-38(35)56-26-39(49)45-34-9-5-6-10-37(34)55-3/h5-6,9-18,23-25H,4,7-8,19-22,26H2,1-3H3,(H,43,44)(H,45,49)(H,46,51). The van der Waals surface area contributed by atoms with Gasteiger partial charge in [-0.25, -0.2) is 17.5 Å². The Morgan fingerprint density at radius 3 is 2.30 bits per heavy atom. The highest BCUT2D eigenvalue weighted by Crippen LogP contribution is 2.30. The van der Waals surface area contributed by atoms with Gasteiger partial charge in [0.25, 0.3) is 21.8 Å². The van der Waals surface area contributed by atoms with Crippen molar-refractivity contribution in [2.24, 2.45) is 0 Å². The van der Waals surface area contributed by atoms with Crippen LogP contribution in [0.25, 0.3) is 10.9 Å². The zero-order valence-electron chi connectivity index (χ0n) is 31.7. The van der Waals surface area contributed by atoms with Crippen molar-refractivity contribution in [2.75, 3.05) is 63.0 Å². The molecule has 4 aromatic carbocycles. The molecule has 3 N–H and O–H groups in total. The summed E-state index contributed by atoms with van der Waals surface area (Å²) >= 11 is 6.29. The van der Waals surface area contributed by atoms with Crippen LogP contribution in [0.2, 0.25) is 5.02 Å². The minimum atomic E-state index is -4.46. The molecule has 57 heavy (non-hydrogen) atoms. The van der Waals surface area contributed by atoms with Crippen molar-refractivity contribution >= 4 is 67.4 Å². The van der Waals surface area contributed by atoms with E-state index < -0.39 is 28.6 Å². The van der Waals surface area contributed by atoms with E-state index in [-0.39, 0.29) is 40.9 Å². The Bertz CT molecular complexity index is 2370. The first-order valence-corrected chi connectivity index (χ1v) is 20.1. The molecule has 6 rings (SSSR count). The molecule has 0 radical (unpaired) electrons. The molecule has 0 atom stereocenters. The van der Waals surface area contributed by atoms with Crippen LogP contribution in [0.15, 0.2) is 95.9 Å². The second-order valence-corrected chi connectivity index (χ2v) is 15.5. The number of para-hydroxylation sites is 2. The summed E-state index contributed by atoms with van der Waals surface area (Å²) in [5.41, 5.74) is 2.80. The molecule has 0 aliphatic carbocycles. The number of sulfonamides is 1. The van der Waals surface area contributed by atoms with Gasteiger partial charge in [-0.2, -0.15) is 0 Å². The highest BCUT2D eigenvalue weighted by Gasteiger charge is 2.31. The summed E-state index contributed by atoms with van der Waals surface area (Å²) in [5.74, 6) is 0.0832. The minimum absolute atomic E-state index is 0.00359. The molecule has 1 aliphatic heterocycles. The number of hydrogen-bond donors (Lipinski definition) is 3. The lowest BCUT2D eigenvalue weighted by molar-refractivity contribution is -0.118. The van der Waals surface area contributed by atoms with Gasteiger partial charge >= 0.3 is 6.03 Å². The number of likely N-dealkylation sites (tertiary alicyclic amines) is 1. The smallest absolute Gasteiger partial charge is 0.335 e. The maximum absolute atomic E-state index is 14.2. The summed E-state index contributed by atoms with van der Waals surface area (Å²) in [4.78, 5) is 46.9. The summed E-state index contributed by atoms with van der Waals surface area (Å²) in [6.45, 7) is 2.21. The first-order chi connectivity index (χ1) is 27.5. The van der Waals surface area contributed by atoms with Gasteiger partial charge in [-0.05, 0) is 105 Å². The molecule has 16 heteroatoms. The molecule has 2 heterocycles. The second kappa shape index (κ2) is 18.3. The quantitative estimate of drug-likeness (QED) is 0.104. The molecule has 298 valence electrons. The number of aryl methyl sites for hydroxylation is 1. The van der Waals surface area contributed by atoms with E-state index in [0.29, 0.717) is 50.8 Å². The largest absolute Gasteiger partial charge is 0.497 e. The second-order valence-electron chi connectivity index (χ2n) is 13.2. The Morgan fingerprint density at radius 1 is 0.825 bits per heavy atom. The van der Waals surface area contributed by atoms with E-state index in [9.17, 15) is 22.8 Å². The number of nitrogens with one attached hydrogen (secondary N) is 3. The first-order valence-electron chi connectivity index (χ1n) is 18.2. The van der Waals surface area contributed by atoms with Gasteiger partial charge in [0.1, 0.15) is 17.2 Å². The Labute approximate surface area is 336 Å². The molecular formula is C41H43ClN6O8S. The summed E-state index contributed by atoms with van der Waals surface area (Å²) in [6, 6.07) is 23.0. The number of amides is 4. The molecule has 1 aliphatic rings. The number of fused-ring (bicyclic) bond motifs is 1. The lowest BCUT2D eigenvalue weighted by Crippen LogP contribution is -2.42. The number of hydrogen-bond acceptors (Lipinski definition) is 10. The monoisotopic (exact) mass is 814 g/mol. The van der Waals surface area contributed by atoms with Crippen molar-refractivity contribution in [1.82, 2.24) is 14.2 Å². The third kappa shape index (κ3) is 9.85. The molecule has 0 bridgehead atoms. The van der Waals surface area contributed by atoms with Crippen LogP contribution in [-0.4, -0.2) is 87.5 Å². The van der Waals surface area contributed by atoms with Crippen LogP contribution in [0.4, 0.5) is 21.9 Å². The first kappa shape index (κ1) is 40.6. The van der Waals surface area contributed by atoms with Gasteiger partial charge in [0.2, 0.25) is 0 Å². The topological polar surface area (TPSA) is 168 Å². The molecule has 1 fully saturated rings. The maximum Gasteiger partial charge on any atom is 0.335 e. The molecule has 14 nitrogen and oxygen atoms in total. The van der Waals surface area contributed by atoms with Gasteiger partial charge in [0.05, 0.1) is 42.6 Å². The van der Waals surface area contributed by atoms with E-state index in [1.165, 1.54) is 56.7 Å². The highest BCUT2D eigenvalue weighted by atomic mass is 35.5. The predicted octanol–water partition coefficient (Wildman–Crippen LogP) is 7.19. The van der Waals surface area contributed by atoms with E-state index >= 15 is 0 Å². The zero-order valence-corrected chi connectivity index (χ0v) is 33.3. The average molecular weight is 815 g/mol. The SMILES string of the molecule is COc1ccc(S(=O)(=O)N(CCNc2cc(C)nc3ccc(Cl)cc23)C(=O)Nc2ccc(C(=O)N3CCCCC3)cc2OCC(=O)Nc2ccccc2OC)cc1. The lowest BCUT2D eigenvalue weighted by Gasteiger charge is -2.27. The van der Waals surface area contributed by atoms with Crippen LogP contribution >= 0.6 is 11.6 Å². The predicted molar refractivity (Wildman–Crippen MR) is 219 cm³/mol.